The monoisotopic (exact) mass is 263 g/mol. The van der Waals surface area contributed by atoms with Gasteiger partial charge in [0.2, 0.25) is 0 Å². The maximum absolute atomic E-state index is 11.1. The Kier molecular flexibility index (Phi) is 3.29. The third kappa shape index (κ3) is 2.44. The Hall–Kier alpha value is -2.88. The van der Waals surface area contributed by atoms with E-state index in [0.717, 1.165) is 5.52 Å². The van der Waals surface area contributed by atoms with Gasteiger partial charge in [-0.25, -0.2) is 4.98 Å². The highest BCUT2D eigenvalue weighted by Crippen LogP contribution is 2.09. The molecule has 2 aromatic heterocycles. The summed E-state index contributed by atoms with van der Waals surface area (Å²) >= 11 is 0. The lowest BCUT2D eigenvalue weighted by Crippen LogP contribution is -2.05. The second kappa shape index (κ2) is 5.40. The second-order valence-corrected chi connectivity index (χ2v) is 4.31. The third-order valence-corrected chi connectivity index (χ3v) is 3.01. The average Bonchev–Trinajstić information content (AvgIpc) is 2.97. The molecular formula is C16H13N3O. The number of aromatic nitrogens is 3. The molecule has 4 rings (SSSR count). The van der Waals surface area contributed by atoms with Gasteiger partial charge in [-0.05, 0) is 29.7 Å². The Bertz CT molecular complexity index is 857. The van der Waals surface area contributed by atoms with E-state index in [4.69, 9.17) is 0 Å². The molecule has 0 aliphatic rings. The maximum Gasteiger partial charge on any atom is 0.258 e. The summed E-state index contributed by atoms with van der Waals surface area (Å²) in [5.41, 5.74) is 1.85. The number of hydrogen-bond donors (Lipinski definition) is 2. The zero-order chi connectivity index (χ0) is 13.8. The maximum atomic E-state index is 11.1. The Balaban J connectivity index is 0.000000123. The molecule has 2 heterocycles. The van der Waals surface area contributed by atoms with Crippen LogP contribution in [0.2, 0.25) is 0 Å². The molecule has 0 saturated carbocycles. The Morgan fingerprint density at radius 3 is 2.50 bits per heavy atom. The number of fused-ring (bicyclic) bond motifs is 2. The predicted molar refractivity (Wildman–Crippen MR) is 80.7 cm³/mol. The molecule has 98 valence electrons. The molecular weight excluding hydrogens is 250 g/mol. The van der Waals surface area contributed by atoms with Crippen molar-refractivity contribution in [2.45, 2.75) is 0 Å². The number of hydrogen-bond acceptors (Lipinski definition) is 2. The first-order chi connectivity index (χ1) is 9.84. The van der Waals surface area contributed by atoms with E-state index in [2.05, 4.69) is 33.2 Å². The SMILES string of the molecule is O=c1[nH]cnc2ccccc12.c1ccc2[nH]ccc2c1. The van der Waals surface area contributed by atoms with Crippen LogP contribution in [0.1, 0.15) is 0 Å². The highest BCUT2D eigenvalue weighted by molar-refractivity contribution is 5.78. The van der Waals surface area contributed by atoms with Gasteiger partial charge < -0.3 is 9.97 Å². The Labute approximate surface area is 115 Å². The third-order valence-electron chi connectivity index (χ3n) is 3.01. The molecule has 0 radical (unpaired) electrons. The van der Waals surface area contributed by atoms with Crippen molar-refractivity contribution < 1.29 is 0 Å². The van der Waals surface area contributed by atoms with Gasteiger partial charge >= 0.3 is 0 Å². The molecule has 0 unspecified atom stereocenters. The quantitative estimate of drug-likeness (QED) is 0.512. The minimum atomic E-state index is -0.0874. The summed E-state index contributed by atoms with van der Waals surface area (Å²) in [5.74, 6) is 0. The summed E-state index contributed by atoms with van der Waals surface area (Å²) < 4.78 is 0. The van der Waals surface area contributed by atoms with Crippen LogP contribution in [-0.4, -0.2) is 15.0 Å². The molecule has 0 amide bonds. The van der Waals surface area contributed by atoms with Crippen molar-refractivity contribution in [2.24, 2.45) is 0 Å². The number of rotatable bonds is 0. The molecule has 4 heteroatoms. The molecule has 0 spiro atoms. The molecule has 2 N–H and O–H groups in total. The highest BCUT2D eigenvalue weighted by atomic mass is 16.1. The van der Waals surface area contributed by atoms with Crippen LogP contribution < -0.4 is 5.56 Å². The summed E-state index contributed by atoms with van der Waals surface area (Å²) in [7, 11) is 0. The minimum absolute atomic E-state index is 0.0874. The zero-order valence-electron chi connectivity index (χ0n) is 10.7. The lowest BCUT2D eigenvalue weighted by atomic mass is 10.2. The van der Waals surface area contributed by atoms with Crippen LogP contribution >= 0.6 is 0 Å². The van der Waals surface area contributed by atoms with Gasteiger partial charge in [-0.3, -0.25) is 4.79 Å². The van der Waals surface area contributed by atoms with Crippen LogP contribution in [0.15, 0.2) is 71.9 Å². The molecule has 0 aliphatic carbocycles. The van der Waals surface area contributed by atoms with Gasteiger partial charge in [0.15, 0.2) is 0 Å². The van der Waals surface area contributed by atoms with Gasteiger partial charge in [-0.2, -0.15) is 0 Å². The van der Waals surface area contributed by atoms with Crippen LogP contribution in [0.25, 0.3) is 21.8 Å². The van der Waals surface area contributed by atoms with Crippen LogP contribution in [-0.2, 0) is 0 Å². The van der Waals surface area contributed by atoms with Crippen LogP contribution in [0.5, 0.6) is 0 Å². The lowest BCUT2D eigenvalue weighted by molar-refractivity contribution is 1.17. The van der Waals surface area contributed by atoms with E-state index in [9.17, 15) is 4.79 Å². The predicted octanol–water partition coefficient (Wildman–Crippen LogP) is 3.09. The van der Waals surface area contributed by atoms with E-state index in [1.165, 1.54) is 17.2 Å². The molecule has 0 bridgehead atoms. The number of nitrogens with one attached hydrogen (secondary N) is 2. The number of nitrogens with zero attached hydrogens (tertiary/aromatic N) is 1. The van der Waals surface area contributed by atoms with Gasteiger partial charge in [0.05, 0.1) is 17.2 Å². The molecule has 0 saturated heterocycles. The van der Waals surface area contributed by atoms with Gasteiger partial charge in [-0.1, -0.05) is 30.3 Å². The van der Waals surface area contributed by atoms with Crippen LogP contribution in [0.4, 0.5) is 0 Å². The fraction of sp³-hybridized carbons (Fsp3) is 0. The number of para-hydroxylation sites is 2. The van der Waals surface area contributed by atoms with Crippen molar-refractivity contribution in [1.82, 2.24) is 15.0 Å². The van der Waals surface area contributed by atoms with Crippen molar-refractivity contribution in [3.63, 3.8) is 0 Å². The number of benzene rings is 2. The molecule has 20 heavy (non-hydrogen) atoms. The molecule has 0 fully saturated rings. The van der Waals surface area contributed by atoms with E-state index in [1.54, 1.807) is 6.07 Å². The topological polar surface area (TPSA) is 61.5 Å². The van der Waals surface area contributed by atoms with Crippen molar-refractivity contribution in [1.29, 1.82) is 0 Å². The molecule has 4 nitrogen and oxygen atoms in total. The summed E-state index contributed by atoms with van der Waals surface area (Å²) in [4.78, 5) is 20.7. The highest BCUT2D eigenvalue weighted by Gasteiger charge is 1.94. The van der Waals surface area contributed by atoms with E-state index in [1.807, 2.05) is 36.5 Å². The van der Waals surface area contributed by atoms with Crippen molar-refractivity contribution in [3.8, 4) is 0 Å². The van der Waals surface area contributed by atoms with Crippen molar-refractivity contribution in [3.05, 3.63) is 77.5 Å². The van der Waals surface area contributed by atoms with Gasteiger partial charge in [0.25, 0.3) is 5.56 Å². The Morgan fingerprint density at radius 1 is 0.850 bits per heavy atom. The van der Waals surface area contributed by atoms with E-state index in [0.29, 0.717) is 5.39 Å². The average molecular weight is 263 g/mol. The largest absolute Gasteiger partial charge is 0.361 e. The fourth-order valence-corrected chi connectivity index (χ4v) is 2.01. The summed E-state index contributed by atoms with van der Waals surface area (Å²) in [6.07, 6.45) is 3.36. The molecule has 4 aromatic rings. The van der Waals surface area contributed by atoms with Crippen LogP contribution in [0, 0.1) is 0 Å². The molecule has 2 aromatic carbocycles. The first-order valence-electron chi connectivity index (χ1n) is 6.29. The second-order valence-electron chi connectivity index (χ2n) is 4.31. The standard InChI is InChI=1S/C8H6N2O.C8H7N/c11-8-6-3-1-2-4-7(6)9-5-10-8;1-2-4-8-7(3-1)5-6-9-8/h1-5H,(H,9,10,11);1-6,9H. The van der Waals surface area contributed by atoms with Gasteiger partial charge in [0, 0.05) is 11.7 Å². The first kappa shape index (κ1) is 12.2. The van der Waals surface area contributed by atoms with E-state index < -0.39 is 0 Å². The summed E-state index contributed by atoms with van der Waals surface area (Å²) in [6.45, 7) is 0. The van der Waals surface area contributed by atoms with Crippen molar-refractivity contribution in [2.75, 3.05) is 0 Å². The molecule has 0 aliphatic heterocycles. The summed E-state index contributed by atoms with van der Waals surface area (Å²) in [6, 6.07) is 17.5. The van der Waals surface area contributed by atoms with Gasteiger partial charge in [0.1, 0.15) is 0 Å². The normalized spacial score (nSPS) is 10.2. The van der Waals surface area contributed by atoms with Crippen LogP contribution in [0.3, 0.4) is 0 Å². The summed E-state index contributed by atoms with van der Waals surface area (Å²) in [5, 5.41) is 1.91. The molecule has 0 atom stereocenters. The zero-order valence-corrected chi connectivity index (χ0v) is 10.7. The number of aromatic amines is 2. The van der Waals surface area contributed by atoms with E-state index in [-0.39, 0.29) is 5.56 Å². The van der Waals surface area contributed by atoms with E-state index >= 15 is 0 Å². The first-order valence-corrected chi connectivity index (χ1v) is 6.29. The lowest BCUT2D eigenvalue weighted by Gasteiger charge is -1.91. The number of H-pyrrole nitrogens is 2. The smallest absolute Gasteiger partial charge is 0.258 e. The fourth-order valence-electron chi connectivity index (χ4n) is 2.01. The van der Waals surface area contributed by atoms with Gasteiger partial charge in [-0.15, -0.1) is 0 Å². The van der Waals surface area contributed by atoms with Crippen molar-refractivity contribution >= 4 is 21.8 Å². The Morgan fingerprint density at radius 2 is 1.65 bits per heavy atom. The minimum Gasteiger partial charge on any atom is -0.361 e.